The molecule has 0 aliphatic heterocycles. The highest BCUT2D eigenvalue weighted by molar-refractivity contribution is 5.78. The van der Waals surface area contributed by atoms with Gasteiger partial charge in [-0.1, -0.05) is 41.5 Å². The van der Waals surface area contributed by atoms with Crippen LogP contribution in [0.2, 0.25) is 0 Å². The van der Waals surface area contributed by atoms with Gasteiger partial charge in [0.1, 0.15) is 0 Å². The molecule has 14 heavy (non-hydrogen) atoms. The average molecular weight is 199 g/mol. The number of carbonyl (C=O) groups excluding carboxylic acids is 1. The van der Waals surface area contributed by atoms with Crippen molar-refractivity contribution < 1.29 is 4.79 Å². The number of carbonyl (C=O) groups is 1. The lowest BCUT2D eigenvalue weighted by molar-refractivity contribution is -0.125. The smallest absolute Gasteiger partial charge is 0.222 e. The first-order valence-corrected chi connectivity index (χ1v) is 5.70. The molecule has 2 nitrogen and oxygen atoms in total. The minimum Gasteiger partial charge on any atom is -0.353 e. The second-order valence-corrected chi connectivity index (χ2v) is 4.78. The van der Waals surface area contributed by atoms with E-state index in [1.54, 1.807) is 0 Å². The molecule has 0 aliphatic carbocycles. The third kappa shape index (κ3) is 4.12. The van der Waals surface area contributed by atoms with Crippen LogP contribution in [0.25, 0.3) is 0 Å². The molecule has 84 valence electrons. The van der Waals surface area contributed by atoms with Crippen molar-refractivity contribution in [2.24, 2.45) is 17.8 Å². The molecule has 1 amide bonds. The second-order valence-electron chi connectivity index (χ2n) is 4.78. The molecule has 0 aromatic carbocycles. The van der Waals surface area contributed by atoms with Gasteiger partial charge in [-0.2, -0.15) is 0 Å². The number of amides is 1. The summed E-state index contributed by atoms with van der Waals surface area (Å²) in [6.45, 7) is 12.6. The average Bonchev–Trinajstić information content (AvgIpc) is 2.12. The van der Waals surface area contributed by atoms with Crippen molar-refractivity contribution in [3.05, 3.63) is 0 Å². The molecule has 0 aromatic heterocycles. The molecule has 2 unspecified atom stereocenters. The maximum atomic E-state index is 11.5. The van der Waals surface area contributed by atoms with Gasteiger partial charge in [0, 0.05) is 12.0 Å². The van der Waals surface area contributed by atoms with Crippen LogP contribution in [0.5, 0.6) is 0 Å². The Labute approximate surface area is 88.5 Å². The first-order chi connectivity index (χ1) is 6.40. The normalized spacial score (nSPS) is 15.7. The summed E-state index contributed by atoms with van der Waals surface area (Å²) >= 11 is 0. The number of hydrogen-bond acceptors (Lipinski definition) is 1. The molecule has 2 atom stereocenters. The van der Waals surface area contributed by atoms with Gasteiger partial charge in [0.25, 0.3) is 0 Å². The summed E-state index contributed by atoms with van der Waals surface area (Å²) in [5.41, 5.74) is 0. The Kier molecular flexibility index (Phi) is 5.82. The van der Waals surface area contributed by atoms with E-state index >= 15 is 0 Å². The van der Waals surface area contributed by atoms with Gasteiger partial charge in [-0.25, -0.2) is 0 Å². The van der Waals surface area contributed by atoms with Crippen LogP contribution in [0, 0.1) is 17.8 Å². The van der Waals surface area contributed by atoms with Crippen LogP contribution in [-0.2, 0) is 4.79 Å². The summed E-state index contributed by atoms with van der Waals surface area (Å²) in [6.07, 6.45) is 1.01. The molecule has 0 saturated heterocycles. The molecule has 0 spiro atoms. The van der Waals surface area contributed by atoms with Crippen molar-refractivity contribution in [1.29, 1.82) is 0 Å². The van der Waals surface area contributed by atoms with Crippen molar-refractivity contribution in [2.75, 3.05) is 0 Å². The van der Waals surface area contributed by atoms with E-state index < -0.39 is 0 Å². The van der Waals surface area contributed by atoms with Gasteiger partial charge >= 0.3 is 0 Å². The largest absolute Gasteiger partial charge is 0.353 e. The predicted octanol–water partition coefficient (Wildman–Crippen LogP) is 2.83. The third-order valence-corrected chi connectivity index (χ3v) is 2.98. The third-order valence-electron chi connectivity index (χ3n) is 2.98. The Bertz CT molecular complexity index is 175. The van der Waals surface area contributed by atoms with Crippen molar-refractivity contribution in [3.8, 4) is 0 Å². The fourth-order valence-electron chi connectivity index (χ4n) is 1.42. The van der Waals surface area contributed by atoms with Gasteiger partial charge in [0.05, 0.1) is 0 Å². The first kappa shape index (κ1) is 13.5. The summed E-state index contributed by atoms with van der Waals surface area (Å²) < 4.78 is 0. The van der Waals surface area contributed by atoms with E-state index in [1.807, 2.05) is 13.8 Å². The van der Waals surface area contributed by atoms with E-state index in [9.17, 15) is 4.79 Å². The molecule has 0 saturated carbocycles. The van der Waals surface area contributed by atoms with Crippen LogP contribution in [0.3, 0.4) is 0 Å². The lowest BCUT2D eigenvalue weighted by Gasteiger charge is -2.27. The monoisotopic (exact) mass is 199 g/mol. The quantitative estimate of drug-likeness (QED) is 0.725. The highest BCUT2D eigenvalue weighted by Gasteiger charge is 2.21. The zero-order chi connectivity index (χ0) is 11.3. The summed E-state index contributed by atoms with van der Waals surface area (Å²) in [5, 5.41) is 3.11. The molecular formula is C12H25NO. The van der Waals surface area contributed by atoms with Crippen LogP contribution < -0.4 is 5.32 Å². The summed E-state index contributed by atoms with van der Waals surface area (Å²) in [6, 6.07) is 0.324. The van der Waals surface area contributed by atoms with E-state index in [-0.39, 0.29) is 11.8 Å². The number of hydrogen-bond donors (Lipinski definition) is 1. The maximum Gasteiger partial charge on any atom is 0.222 e. The van der Waals surface area contributed by atoms with Crippen molar-refractivity contribution in [2.45, 2.75) is 54.0 Å². The Balaban J connectivity index is 4.22. The molecule has 1 N–H and O–H groups in total. The predicted molar refractivity (Wildman–Crippen MR) is 61.1 cm³/mol. The molecule has 0 aromatic rings. The lowest BCUT2D eigenvalue weighted by atomic mass is 9.88. The fraction of sp³-hybridized carbons (Fsp3) is 0.917. The molecule has 2 heteroatoms. The van der Waals surface area contributed by atoms with Gasteiger partial charge in [-0.05, 0) is 18.3 Å². The van der Waals surface area contributed by atoms with Crippen LogP contribution in [-0.4, -0.2) is 11.9 Å². The zero-order valence-corrected chi connectivity index (χ0v) is 10.4. The Morgan fingerprint density at radius 2 is 1.64 bits per heavy atom. The molecule has 0 fully saturated rings. The van der Waals surface area contributed by atoms with Gasteiger partial charge in [0.15, 0.2) is 0 Å². The SMILES string of the molecule is CCC(NC(=O)C(C)C)C(C)C(C)C. The van der Waals surface area contributed by atoms with E-state index in [1.165, 1.54) is 0 Å². The zero-order valence-electron chi connectivity index (χ0n) is 10.4. The molecular weight excluding hydrogens is 174 g/mol. The van der Waals surface area contributed by atoms with Crippen LogP contribution in [0.1, 0.15) is 48.0 Å². The molecule has 0 rings (SSSR count). The molecule has 0 bridgehead atoms. The van der Waals surface area contributed by atoms with E-state index in [2.05, 4.69) is 33.0 Å². The molecule has 0 aliphatic rings. The van der Waals surface area contributed by atoms with E-state index in [0.717, 1.165) is 6.42 Å². The standard InChI is InChI=1S/C12H25NO/c1-7-11(10(6)8(2)3)13-12(14)9(4)5/h8-11H,7H2,1-6H3,(H,13,14). The summed E-state index contributed by atoms with van der Waals surface area (Å²) in [7, 11) is 0. The lowest BCUT2D eigenvalue weighted by Crippen LogP contribution is -2.42. The summed E-state index contributed by atoms with van der Waals surface area (Å²) in [4.78, 5) is 11.5. The Morgan fingerprint density at radius 1 is 1.14 bits per heavy atom. The van der Waals surface area contributed by atoms with Gasteiger partial charge in [-0.3, -0.25) is 4.79 Å². The van der Waals surface area contributed by atoms with Crippen molar-refractivity contribution >= 4 is 5.91 Å². The van der Waals surface area contributed by atoms with Crippen molar-refractivity contribution in [3.63, 3.8) is 0 Å². The Morgan fingerprint density at radius 3 is 1.93 bits per heavy atom. The van der Waals surface area contributed by atoms with Crippen LogP contribution in [0.4, 0.5) is 0 Å². The highest BCUT2D eigenvalue weighted by atomic mass is 16.1. The Hall–Kier alpha value is -0.530. The minimum atomic E-state index is 0.0865. The van der Waals surface area contributed by atoms with E-state index in [0.29, 0.717) is 17.9 Å². The molecule has 0 radical (unpaired) electrons. The van der Waals surface area contributed by atoms with E-state index in [4.69, 9.17) is 0 Å². The van der Waals surface area contributed by atoms with Gasteiger partial charge in [0.2, 0.25) is 5.91 Å². The van der Waals surface area contributed by atoms with Crippen LogP contribution >= 0.6 is 0 Å². The minimum absolute atomic E-state index is 0.0865. The molecule has 0 heterocycles. The second kappa shape index (κ2) is 6.05. The van der Waals surface area contributed by atoms with Gasteiger partial charge < -0.3 is 5.32 Å². The first-order valence-electron chi connectivity index (χ1n) is 5.70. The summed E-state index contributed by atoms with van der Waals surface area (Å²) in [5.74, 6) is 1.42. The van der Waals surface area contributed by atoms with Gasteiger partial charge in [-0.15, -0.1) is 0 Å². The highest BCUT2D eigenvalue weighted by Crippen LogP contribution is 2.17. The van der Waals surface area contributed by atoms with Crippen molar-refractivity contribution in [1.82, 2.24) is 5.32 Å². The van der Waals surface area contributed by atoms with Crippen LogP contribution in [0.15, 0.2) is 0 Å². The number of rotatable bonds is 5. The maximum absolute atomic E-state index is 11.5. The number of nitrogens with one attached hydrogen (secondary N) is 1. The fourth-order valence-corrected chi connectivity index (χ4v) is 1.42. The topological polar surface area (TPSA) is 29.1 Å².